The van der Waals surface area contributed by atoms with Crippen molar-refractivity contribution in [3.63, 3.8) is 0 Å². The van der Waals surface area contributed by atoms with Gasteiger partial charge in [-0.25, -0.2) is 0 Å². The first kappa shape index (κ1) is 21.8. The van der Waals surface area contributed by atoms with E-state index < -0.39 is 0 Å². The van der Waals surface area contributed by atoms with E-state index in [4.69, 9.17) is 4.74 Å². The number of rotatable bonds is 7. The van der Waals surface area contributed by atoms with Gasteiger partial charge >= 0.3 is 0 Å². The van der Waals surface area contributed by atoms with Gasteiger partial charge in [-0.1, -0.05) is 19.1 Å². The second kappa shape index (κ2) is 11.4. The maximum Gasteiger partial charge on any atom is 0.242 e. The molecule has 0 aromatic heterocycles. The average molecular weight is 364 g/mol. The average Bonchev–Trinajstić information content (AvgIpc) is 3.04. The smallest absolute Gasteiger partial charge is 0.242 e. The Hall–Kier alpha value is -1.17. The van der Waals surface area contributed by atoms with Crippen molar-refractivity contribution in [3.8, 4) is 5.75 Å². The van der Waals surface area contributed by atoms with Crippen molar-refractivity contribution in [1.82, 2.24) is 10.2 Å². The molecule has 1 saturated heterocycles. The number of nitrogens with one attached hydrogen (secondary N) is 2. The molecule has 1 aromatic rings. The molecule has 1 unspecified atom stereocenters. The van der Waals surface area contributed by atoms with Crippen molar-refractivity contribution in [3.05, 3.63) is 24.3 Å². The van der Waals surface area contributed by atoms with Crippen LogP contribution in [0.25, 0.3) is 0 Å². The van der Waals surface area contributed by atoms with E-state index in [-0.39, 0.29) is 30.7 Å². The molecule has 2 rings (SSSR count). The number of ether oxygens (including phenoxy) is 1. The Balaban J connectivity index is 0.00000242. The van der Waals surface area contributed by atoms with E-state index in [1.807, 2.05) is 29.2 Å². The maximum atomic E-state index is 12.5. The van der Waals surface area contributed by atoms with Gasteiger partial charge in [0.1, 0.15) is 5.75 Å². The fourth-order valence-electron chi connectivity index (χ4n) is 2.72. The number of amides is 1. The number of benzene rings is 1. The van der Waals surface area contributed by atoms with Crippen LogP contribution in [-0.4, -0.2) is 50.1 Å². The van der Waals surface area contributed by atoms with E-state index in [1.54, 1.807) is 7.11 Å². The summed E-state index contributed by atoms with van der Waals surface area (Å²) in [5.41, 5.74) is 0.856. The molecule has 1 aliphatic heterocycles. The fraction of sp³-hybridized carbons (Fsp3) is 0.562. The lowest BCUT2D eigenvalue weighted by Gasteiger charge is -2.28. The molecule has 0 aliphatic carbocycles. The van der Waals surface area contributed by atoms with Gasteiger partial charge < -0.3 is 20.3 Å². The quantitative estimate of drug-likeness (QED) is 0.781. The van der Waals surface area contributed by atoms with Gasteiger partial charge in [0.05, 0.1) is 19.3 Å². The van der Waals surface area contributed by atoms with Crippen LogP contribution in [-0.2, 0) is 4.79 Å². The van der Waals surface area contributed by atoms with Crippen LogP contribution in [0.4, 0.5) is 5.69 Å². The molecular weight excluding hydrogens is 337 g/mol. The number of carbonyl (C=O) groups is 1. The van der Waals surface area contributed by atoms with Crippen molar-refractivity contribution >= 4 is 36.4 Å². The number of methoxy groups -OCH3 is 1. The number of carbonyl (C=O) groups excluding carboxylic acids is 1. The molecule has 1 aliphatic rings. The van der Waals surface area contributed by atoms with Crippen molar-refractivity contribution < 1.29 is 9.53 Å². The lowest BCUT2D eigenvalue weighted by atomic mass is 10.2. The van der Waals surface area contributed by atoms with Gasteiger partial charge in [0, 0.05) is 19.1 Å². The maximum absolute atomic E-state index is 12.5. The highest BCUT2D eigenvalue weighted by Crippen LogP contribution is 2.22. The van der Waals surface area contributed by atoms with Crippen LogP contribution in [0.5, 0.6) is 5.75 Å². The molecule has 1 fully saturated rings. The van der Waals surface area contributed by atoms with Gasteiger partial charge in [-0.05, 0) is 31.5 Å². The lowest BCUT2D eigenvalue weighted by molar-refractivity contribution is -0.131. The number of nitrogens with zero attached hydrogens (tertiary/aromatic N) is 1. The predicted molar refractivity (Wildman–Crippen MR) is 99.3 cm³/mol. The summed E-state index contributed by atoms with van der Waals surface area (Å²) in [6, 6.07) is 7.99. The molecule has 7 heteroatoms. The van der Waals surface area contributed by atoms with Crippen LogP contribution in [0.1, 0.15) is 19.8 Å². The number of anilines is 1. The molecule has 5 nitrogen and oxygen atoms in total. The van der Waals surface area contributed by atoms with Gasteiger partial charge in [0.15, 0.2) is 0 Å². The van der Waals surface area contributed by atoms with Crippen LogP contribution < -0.4 is 15.4 Å². The highest BCUT2D eigenvalue weighted by molar-refractivity contribution is 5.85. The molecule has 23 heavy (non-hydrogen) atoms. The zero-order chi connectivity index (χ0) is 15.1. The van der Waals surface area contributed by atoms with E-state index in [9.17, 15) is 4.79 Å². The highest BCUT2D eigenvalue weighted by atomic mass is 35.5. The number of hydrogen-bond acceptors (Lipinski definition) is 4. The van der Waals surface area contributed by atoms with Crippen LogP contribution in [0.15, 0.2) is 24.3 Å². The Kier molecular flexibility index (Phi) is 10.8. The predicted octanol–water partition coefficient (Wildman–Crippen LogP) is 2.55. The van der Waals surface area contributed by atoms with Crippen molar-refractivity contribution in [1.29, 1.82) is 0 Å². The van der Waals surface area contributed by atoms with Crippen LogP contribution in [0.3, 0.4) is 0 Å². The van der Waals surface area contributed by atoms with E-state index >= 15 is 0 Å². The van der Waals surface area contributed by atoms with E-state index in [0.29, 0.717) is 12.6 Å². The third kappa shape index (κ3) is 6.09. The van der Waals surface area contributed by atoms with E-state index in [0.717, 1.165) is 43.9 Å². The summed E-state index contributed by atoms with van der Waals surface area (Å²) in [5.74, 6) is 0.909. The SMILES string of the molecule is CCCN(C(=O)CNc1ccccc1OC)C1CCNC1.Cl.Cl. The highest BCUT2D eigenvalue weighted by Gasteiger charge is 2.25. The molecule has 0 radical (unpaired) electrons. The van der Waals surface area contributed by atoms with Gasteiger partial charge in [0.25, 0.3) is 0 Å². The first-order valence-electron chi connectivity index (χ1n) is 7.63. The molecule has 0 saturated carbocycles. The summed E-state index contributed by atoms with van der Waals surface area (Å²) in [6.07, 6.45) is 2.03. The Morgan fingerprint density at radius 2 is 2.13 bits per heavy atom. The lowest BCUT2D eigenvalue weighted by Crippen LogP contribution is -2.44. The second-order valence-corrected chi connectivity index (χ2v) is 5.29. The Labute approximate surface area is 151 Å². The van der Waals surface area contributed by atoms with Crippen LogP contribution in [0, 0.1) is 0 Å². The molecule has 0 spiro atoms. The second-order valence-electron chi connectivity index (χ2n) is 5.29. The molecule has 1 atom stereocenters. The largest absolute Gasteiger partial charge is 0.495 e. The molecule has 1 aromatic carbocycles. The Bertz CT molecular complexity index is 468. The third-order valence-corrected chi connectivity index (χ3v) is 3.80. The van der Waals surface area contributed by atoms with Crippen molar-refractivity contribution in [2.45, 2.75) is 25.8 Å². The monoisotopic (exact) mass is 363 g/mol. The standard InChI is InChI=1S/C16H25N3O2.2ClH/c1-3-10-19(13-8-9-17-11-13)16(20)12-18-14-6-4-5-7-15(14)21-2;;/h4-7,13,17-18H,3,8-12H2,1-2H3;2*1H. The summed E-state index contributed by atoms with van der Waals surface area (Å²) >= 11 is 0. The molecule has 1 amide bonds. The van der Waals surface area contributed by atoms with Gasteiger partial charge in [-0.3, -0.25) is 4.79 Å². The summed E-state index contributed by atoms with van der Waals surface area (Å²) in [4.78, 5) is 14.5. The number of para-hydroxylation sites is 2. The minimum absolute atomic E-state index is 0. The first-order chi connectivity index (χ1) is 10.3. The summed E-state index contributed by atoms with van der Waals surface area (Å²) in [6.45, 7) is 5.13. The summed E-state index contributed by atoms with van der Waals surface area (Å²) in [7, 11) is 1.63. The minimum atomic E-state index is 0. The normalized spacial score (nSPS) is 16.0. The minimum Gasteiger partial charge on any atom is -0.495 e. The zero-order valence-electron chi connectivity index (χ0n) is 13.7. The third-order valence-electron chi connectivity index (χ3n) is 3.80. The molecule has 132 valence electrons. The summed E-state index contributed by atoms with van der Waals surface area (Å²) in [5, 5.41) is 6.51. The van der Waals surface area contributed by atoms with E-state index in [2.05, 4.69) is 17.6 Å². The Morgan fingerprint density at radius 3 is 2.74 bits per heavy atom. The van der Waals surface area contributed by atoms with Crippen LogP contribution in [0.2, 0.25) is 0 Å². The fourth-order valence-corrected chi connectivity index (χ4v) is 2.72. The van der Waals surface area contributed by atoms with Gasteiger partial charge in [-0.2, -0.15) is 0 Å². The molecule has 1 heterocycles. The molecule has 2 N–H and O–H groups in total. The van der Waals surface area contributed by atoms with Gasteiger partial charge in [-0.15, -0.1) is 24.8 Å². The molecule has 0 bridgehead atoms. The van der Waals surface area contributed by atoms with Crippen molar-refractivity contribution in [2.75, 3.05) is 38.6 Å². The zero-order valence-corrected chi connectivity index (χ0v) is 15.3. The van der Waals surface area contributed by atoms with Crippen molar-refractivity contribution in [2.24, 2.45) is 0 Å². The Morgan fingerprint density at radius 1 is 1.39 bits per heavy atom. The number of halogens is 2. The van der Waals surface area contributed by atoms with Crippen LogP contribution >= 0.6 is 24.8 Å². The number of hydrogen-bond donors (Lipinski definition) is 2. The van der Waals surface area contributed by atoms with E-state index in [1.165, 1.54) is 0 Å². The van der Waals surface area contributed by atoms with Gasteiger partial charge in [0.2, 0.25) is 5.91 Å². The molecular formula is C16H27Cl2N3O2. The topological polar surface area (TPSA) is 53.6 Å². The first-order valence-corrected chi connectivity index (χ1v) is 7.63. The summed E-state index contributed by atoms with van der Waals surface area (Å²) < 4.78 is 5.29.